The standard InChI is InChI=1S/C24H22ClN3O2/c1-15-2-5-17(6-3-15)18-10-19-11-20(30-24(19)21(25)12-18)7-9-23(29)28-14-16-4-8-22(26)27-13-16/h2-10,12-13,20H,11,14H2,1H3,(H2,26,27)(H,28,29)/b9-7+. The molecule has 1 unspecified atom stereocenters. The minimum atomic E-state index is -0.227. The first-order valence-electron chi connectivity index (χ1n) is 9.70. The van der Waals surface area contributed by atoms with Gasteiger partial charge in [-0.2, -0.15) is 0 Å². The summed E-state index contributed by atoms with van der Waals surface area (Å²) in [6.45, 7) is 2.45. The van der Waals surface area contributed by atoms with Gasteiger partial charge in [0.05, 0.1) is 5.02 Å². The normalized spacial score (nSPS) is 15.1. The quantitative estimate of drug-likeness (QED) is 0.598. The minimum Gasteiger partial charge on any atom is -0.484 e. The maximum atomic E-state index is 12.1. The predicted octanol–water partition coefficient (Wildman–Crippen LogP) is 4.47. The second-order valence-corrected chi connectivity index (χ2v) is 7.75. The molecule has 30 heavy (non-hydrogen) atoms. The zero-order chi connectivity index (χ0) is 21.1. The molecule has 1 aromatic heterocycles. The van der Waals surface area contributed by atoms with E-state index in [1.807, 2.05) is 12.1 Å². The Morgan fingerprint density at radius 2 is 2.03 bits per heavy atom. The van der Waals surface area contributed by atoms with Crippen LogP contribution in [0.15, 0.2) is 66.9 Å². The van der Waals surface area contributed by atoms with Gasteiger partial charge in [-0.1, -0.05) is 47.5 Å². The fraction of sp³-hybridized carbons (Fsp3) is 0.167. The van der Waals surface area contributed by atoms with Gasteiger partial charge in [0, 0.05) is 30.8 Å². The number of hydrogen-bond acceptors (Lipinski definition) is 4. The van der Waals surface area contributed by atoms with Crippen molar-refractivity contribution < 1.29 is 9.53 Å². The van der Waals surface area contributed by atoms with Crippen molar-refractivity contribution in [3.8, 4) is 16.9 Å². The van der Waals surface area contributed by atoms with Crippen LogP contribution in [0.2, 0.25) is 5.02 Å². The fourth-order valence-corrected chi connectivity index (χ4v) is 3.63. The number of nitrogen functional groups attached to an aromatic ring is 1. The third-order valence-electron chi connectivity index (χ3n) is 4.97. The summed E-state index contributed by atoms with van der Waals surface area (Å²) in [6.07, 6.45) is 5.34. The van der Waals surface area contributed by atoms with Crippen LogP contribution in [0, 0.1) is 6.92 Å². The number of nitrogens with zero attached hydrogens (tertiary/aromatic N) is 1. The molecule has 152 valence electrons. The van der Waals surface area contributed by atoms with E-state index < -0.39 is 0 Å². The van der Waals surface area contributed by atoms with Crippen LogP contribution >= 0.6 is 11.6 Å². The molecule has 0 saturated heterocycles. The van der Waals surface area contributed by atoms with E-state index in [0.717, 1.165) is 22.3 Å². The van der Waals surface area contributed by atoms with Crippen molar-refractivity contribution >= 4 is 23.3 Å². The Kier molecular flexibility index (Phi) is 5.72. The molecule has 3 aromatic rings. The number of amides is 1. The maximum Gasteiger partial charge on any atom is 0.244 e. The van der Waals surface area contributed by atoms with E-state index in [9.17, 15) is 4.79 Å². The van der Waals surface area contributed by atoms with Gasteiger partial charge in [0.1, 0.15) is 17.7 Å². The number of fused-ring (bicyclic) bond motifs is 1. The Hall–Kier alpha value is -3.31. The topological polar surface area (TPSA) is 77.2 Å². The van der Waals surface area contributed by atoms with Crippen LogP contribution in [0.25, 0.3) is 11.1 Å². The Labute approximate surface area is 180 Å². The van der Waals surface area contributed by atoms with Gasteiger partial charge in [-0.25, -0.2) is 4.98 Å². The van der Waals surface area contributed by atoms with Gasteiger partial charge in [0.25, 0.3) is 0 Å². The SMILES string of the molecule is Cc1ccc(-c2cc(Cl)c3c(c2)CC(/C=C/C(=O)NCc2ccc(N)nc2)O3)cc1. The van der Waals surface area contributed by atoms with Crippen LogP contribution in [0.4, 0.5) is 5.82 Å². The van der Waals surface area contributed by atoms with Crippen LogP contribution in [-0.4, -0.2) is 17.0 Å². The smallest absolute Gasteiger partial charge is 0.244 e. The number of benzene rings is 2. The number of hydrogen-bond donors (Lipinski definition) is 2. The van der Waals surface area contributed by atoms with E-state index in [0.29, 0.717) is 29.6 Å². The van der Waals surface area contributed by atoms with Gasteiger partial charge in [0.2, 0.25) is 5.91 Å². The van der Waals surface area contributed by atoms with Gasteiger partial charge in [0.15, 0.2) is 0 Å². The van der Waals surface area contributed by atoms with Gasteiger partial charge in [-0.3, -0.25) is 4.79 Å². The number of pyridine rings is 1. The molecule has 4 rings (SSSR count). The van der Waals surface area contributed by atoms with E-state index in [1.165, 1.54) is 11.6 Å². The first kappa shape index (κ1) is 20.0. The molecule has 0 aliphatic carbocycles. The average molecular weight is 420 g/mol. The third kappa shape index (κ3) is 4.63. The molecule has 1 aliphatic rings. The molecule has 0 bridgehead atoms. The fourth-order valence-electron chi connectivity index (χ4n) is 3.35. The molecule has 1 amide bonds. The molecule has 1 aliphatic heterocycles. The molecule has 0 spiro atoms. The van der Waals surface area contributed by atoms with Crippen LogP contribution in [0.5, 0.6) is 5.75 Å². The monoisotopic (exact) mass is 419 g/mol. The van der Waals surface area contributed by atoms with Crippen LogP contribution in [0.3, 0.4) is 0 Å². The van der Waals surface area contributed by atoms with E-state index in [2.05, 4.69) is 47.6 Å². The Bertz CT molecular complexity index is 1090. The number of rotatable bonds is 5. The summed E-state index contributed by atoms with van der Waals surface area (Å²) >= 11 is 6.47. The molecule has 1 atom stereocenters. The number of nitrogens with one attached hydrogen (secondary N) is 1. The zero-order valence-corrected chi connectivity index (χ0v) is 17.3. The summed E-state index contributed by atoms with van der Waals surface area (Å²) in [7, 11) is 0. The van der Waals surface area contributed by atoms with E-state index in [1.54, 1.807) is 18.3 Å². The maximum absolute atomic E-state index is 12.1. The highest BCUT2D eigenvalue weighted by Gasteiger charge is 2.24. The molecule has 5 nitrogen and oxygen atoms in total. The first-order valence-corrected chi connectivity index (χ1v) is 10.1. The van der Waals surface area contributed by atoms with Crippen molar-refractivity contribution in [3.05, 3.63) is 88.6 Å². The lowest BCUT2D eigenvalue weighted by molar-refractivity contribution is -0.116. The van der Waals surface area contributed by atoms with Gasteiger partial charge < -0.3 is 15.8 Å². The molecule has 0 saturated carbocycles. The first-order chi connectivity index (χ1) is 14.5. The van der Waals surface area contributed by atoms with Gasteiger partial charge >= 0.3 is 0 Å². The molecule has 3 N–H and O–H groups in total. The van der Waals surface area contributed by atoms with E-state index in [-0.39, 0.29) is 12.0 Å². The number of ether oxygens (including phenoxy) is 1. The van der Waals surface area contributed by atoms with Crippen molar-refractivity contribution in [1.82, 2.24) is 10.3 Å². The number of aromatic nitrogens is 1. The number of halogens is 1. The zero-order valence-electron chi connectivity index (χ0n) is 16.6. The molecule has 6 heteroatoms. The highest BCUT2D eigenvalue weighted by Crippen LogP contribution is 2.39. The molecule has 0 fully saturated rings. The van der Waals surface area contributed by atoms with Gasteiger partial charge in [-0.15, -0.1) is 0 Å². The minimum absolute atomic E-state index is 0.196. The van der Waals surface area contributed by atoms with Crippen LogP contribution < -0.4 is 15.8 Å². The lowest BCUT2D eigenvalue weighted by Crippen LogP contribution is -2.21. The lowest BCUT2D eigenvalue weighted by atomic mass is 10.00. The second-order valence-electron chi connectivity index (χ2n) is 7.34. The highest BCUT2D eigenvalue weighted by atomic mass is 35.5. The molecular formula is C24H22ClN3O2. The number of aryl methyl sites for hydroxylation is 1. The third-order valence-corrected chi connectivity index (χ3v) is 5.25. The van der Waals surface area contributed by atoms with Crippen molar-refractivity contribution in [2.75, 3.05) is 5.73 Å². The summed E-state index contributed by atoms with van der Waals surface area (Å²) in [5.74, 6) is 0.945. The Morgan fingerprint density at radius 1 is 1.23 bits per heavy atom. The lowest BCUT2D eigenvalue weighted by Gasteiger charge is -2.08. The van der Waals surface area contributed by atoms with Crippen molar-refractivity contribution in [3.63, 3.8) is 0 Å². The van der Waals surface area contributed by atoms with E-state index in [4.69, 9.17) is 22.1 Å². The average Bonchev–Trinajstić information content (AvgIpc) is 3.16. The summed E-state index contributed by atoms with van der Waals surface area (Å²) < 4.78 is 5.95. The summed E-state index contributed by atoms with van der Waals surface area (Å²) in [5.41, 5.74) is 10.9. The summed E-state index contributed by atoms with van der Waals surface area (Å²) in [5, 5.41) is 3.40. The molecule has 2 aromatic carbocycles. The molecular weight excluding hydrogens is 398 g/mol. The van der Waals surface area contributed by atoms with Crippen LogP contribution in [0.1, 0.15) is 16.7 Å². The number of carbonyl (C=O) groups is 1. The molecule has 0 radical (unpaired) electrons. The Morgan fingerprint density at radius 3 is 2.77 bits per heavy atom. The predicted molar refractivity (Wildman–Crippen MR) is 119 cm³/mol. The van der Waals surface area contributed by atoms with E-state index >= 15 is 0 Å². The van der Waals surface area contributed by atoms with Crippen LogP contribution in [-0.2, 0) is 17.8 Å². The van der Waals surface area contributed by atoms with Crippen molar-refractivity contribution in [2.45, 2.75) is 26.0 Å². The highest BCUT2D eigenvalue weighted by molar-refractivity contribution is 6.32. The molecule has 2 heterocycles. The number of nitrogens with two attached hydrogens (primary N) is 1. The number of anilines is 1. The largest absolute Gasteiger partial charge is 0.484 e. The second kappa shape index (κ2) is 8.59. The van der Waals surface area contributed by atoms with Gasteiger partial charge in [-0.05, 0) is 47.9 Å². The number of carbonyl (C=O) groups excluding carboxylic acids is 1. The van der Waals surface area contributed by atoms with Crippen molar-refractivity contribution in [1.29, 1.82) is 0 Å². The Balaban J connectivity index is 1.39. The summed E-state index contributed by atoms with van der Waals surface area (Å²) in [4.78, 5) is 16.1. The summed E-state index contributed by atoms with van der Waals surface area (Å²) in [6, 6.07) is 15.9. The van der Waals surface area contributed by atoms with Crippen molar-refractivity contribution in [2.24, 2.45) is 0 Å².